The van der Waals surface area contributed by atoms with E-state index in [1.165, 1.54) is 29.2 Å². The van der Waals surface area contributed by atoms with E-state index >= 15 is 0 Å². The molecule has 4 aromatic rings. The van der Waals surface area contributed by atoms with E-state index in [-0.39, 0.29) is 29.6 Å². The molecule has 5 rings (SSSR count). The fraction of sp³-hybridized carbons (Fsp3) is 0.161. The third kappa shape index (κ3) is 7.31. The summed E-state index contributed by atoms with van der Waals surface area (Å²) in [6.07, 6.45) is -1.01. The number of carbonyl (C=O) groups excluding carboxylic acids is 2. The van der Waals surface area contributed by atoms with Crippen LogP contribution in [0, 0.1) is 0 Å². The van der Waals surface area contributed by atoms with E-state index in [1.54, 1.807) is 42.5 Å². The third-order valence-electron chi connectivity index (χ3n) is 6.78. The lowest BCUT2D eigenvalue weighted by atomic mass is 10.1. The molecule has 0 aromatic heterocycles. The number of ether oxygens (including phenoxy) is 1. The Morgan fingerprint density at radius 3 is 2.28 bits per heavy atom. The zero-order valence-electron chi connectivity index (χ0n) is 22.6. The lowest BCUT2D eigenvalue weighted by Crippen LogP contribution is -2.52. The van der Waals surface area contributed by atoms with E-state index in [9.17, 15) is 18.0 Å². The molecule has 1 atom stereocenters. The number of nitrogens with zero attached hydrogens (tertiary/aromatic N) is 2. The van der Waals surface area contributed by atoms with Crippen molar-refractivity contribution in [1.29, 1.82) is 0 Å². The molecule has 2 amide bonds. The van der Waals surface area contributed by atoms with Crippen molar-refractivity contribution in [1.82, 2.24) is 9.62 Å². The van der Waals surface area contributed by atoms with Gasteiger partial charge in [0.1, 0.15) is 5.75 Å². The Morgan fingerprint density at radius 1 is 0.860 bits per heavy atom. The molecule has 0 fully saturated rings. The minimum atomic E-state index is -4.18. The van der Waals surface area contributed by atoms with E-state index in [1.807, 2.05) is 30.3 Å². The normalized spacial score (nSPS) is 14.6. The number of anilines is 1. The first-order valence-corrected chi connectivity index (χ1v) is 15.8. The molecule has 4 aromatic carbocycles. The van der Waals surface area contributed by atoms with Crippen molar-refractivity contribution < 1.29 is 22.7 Å². The van der Waals surface area contributed by atoms with Crippen molar-refractivity contribution in [3.05, 3.63) is 123 Å². The van der Waals surface area contributed by atoms with Gasteiger partial charge in [-0.3, -0.25) is 9.59 Å². The maximum atomic E-state index is 13.9. The van der Waals surface area contributed by atoms with E-state index in [0.29, 0.717) is 27.0 Å². The Morgan fingerprint density at radius 2 is 1.56 bits per heavy atom. The quantitative estimate of drug-likeness (QED) is 0.240. The van der Waals surface area contributed by atoms with E-state index in [0.717, 1.165) is 9.87 Å². The Labute approximate surface area is 264 Å². The van der Waals surface area contributed by atoms with E-state index in [2.05, 4.69) is 5.32 Å². The van der Waals surface area contributed by atoms with E-state index < -0.39 is 34.5 Å². The van der Waals surface area contributed by atoms with Crippen molar-refractivity contribution in [2.75, 3.05) is 18.0 Å². The van der Waals surface area contributed by atoms with Gasteiger partial charge in [-0.25, -0.2) is 8.42 Å². The monoisotopic (exact) mass is 657 g/mol. The topological polar surface area (TPSA) is 96.0 Å². The van der Waals surface area contributed by atoms with Crippen molar-refractivity contribution in [3.8, 4) is 5.75 Å². The predicted octanol–water partition coefficient (Wildman–Crippen LogP) is 5.95. The summed E-state index contributed by atoms with van der Waals surface area (Å²) in [6, 6.07) is 26.6. The predicted molar refractivity (Wildman–Crippen MR) is 167 cm³/mol. The van der Waals surface area contributed by atoms with Gasteiger partial charge in [-0.05, 0) is 59.7 Å². The SMILES string of the molecule is O=C(NCc1ccccc1)[C@@H]1CN(C(=O)CN(Cc2ccc(Cl)c(Cl)c2)S(=O)(=O)c2ccc(Cl)cc2)c2ccccc2O1. The molecule has 43 heavy (non-hydrogen) atoms. The Balaban J connectivity index is 1.42. The van der Waals surface area contributed by atoms with E-state index in [4.69, 9.17) is 39.5 Å². The molecule has 1 aliphatic heterocycles. The summed E-state index contributed by atoms with van der Waals surface area (Å²) in [5, 5.41) is 3.78. The number of sulfonamides is 1. The van der Waals surface area contributed by atoms with Gasteiger partial charge in [0.2, 0.25) is 15.9 Å². The summed E-state index contributed by atoms with van der Waals surface area (Å²) in [6.45, 7) is -0.525. The lowest BCUT2D eigenvalue weighted by molar-refractivity contribution is -0.128. The number of benzene rings is 4. The first-order valence-electron chi connectivity index (χ1n) is 13.2. The van der Waals surface area contributed by atoms with Crippen molar-refractivity contribution in [2.45, 2.75) is 24.1 Å². The second-order valence-electron chi connectivity index (χ2n) is 9.76. The molecule has 0 aliphatic carbocycles. The fourth-order valence-corrected chi connectivity index (χ4v) is 6.39. The zero-order chi connectivity index (χ0) is 30.6. The molecule has 0 radical (unpaired) electrons. The van der Waals surface area contributed by atoms with Crippen molar-refractivity contribution in [3.63, 3.8) is 0 Å². The molecule has 0 bridgehead atoms. The van der Waals surface area contributed by atoms with Crippen molar-refractivity contribution >= 4 is 62.3 Å². The summed E-state index contributed by atoms with van der Waals surface area (Å²) < 4.78 is 34.7. The third-order valence-corrected chi connectivity index (χ3v) is 9.58. The van der Waals surface area contributed by atoms with Crippen LogP contribution in [0.25, 0.3) is 0 Å². The van der Waals surface area contributed by atoms with Crippen LogP contribution in [0.15, 0.2) is 102 Å². The maximum Gasteiger partial charge on any atom is 0.263 e. The van der Waals surface area contributed by atoms with Gasteiger partial charge in [-0.1, -0.05) is 83.3 Å². The molecule has 0 unspecified atom stereocenters. The summed E-state index contributed by atoms with van der Waals surface area (Å²) >= 11 is 18.3. The van der Waals surface area contributed by atoms with Gasteiger partial charge in [-0.2, -0.15) is 4.31 Å². The van der Waals surface area contributed by atoms with Gasteiger partial charge in [0.05, 0.1) is 33.7 Å². The van der Waals surface area contributed by atoms with Gasteiger partial charge in [0, 0.05) is 18.1 Å². The summed E-state index contributed by atoms with van der Waals surface area (Å²) in [5.41, 5.74) is 1.86. The molecule has 1 heterocycles. The van der Waals surface area contributed by atoms with Crippen LogP contribution < -0.4 is 15.0 Å². The first kappa shape index (κ1) is 30.8. The highest BCUT2D eigenvalue weighted by Crippen LogP contribution is 2.34. The minimum Gasteiger partial charge on any atom is -0.477 e. The average Bonchev–Trinajstić information content (AvgIpc) is 3.01. The molecular formula is C31H26Cl3N3O5S. The zero-order valence-corrected chi connectivity index (χ0v) is 25.7. The Kier molecular flexibility index (Phi) is 9.59. The van der Waals surface area contributed by atoms with Gasteiger partial charge in [-0.15, -0.1) is 0 Å². The van der Waals surface area contributed by atoms with Gasteiger partial charge in [0.25, 0.3) is 5.91 Å². The Hall–Kier alpha value is -3.60. The number of rotatable bonds is 9. The largest absolute Gasteiger partial charge is 0.477 e. The highest BCUT2D eigenvalue weighted by atomic mass is 35.5. The van der Waals surface area contributed by atoms with Crippen LogP contribution in [0.3, 0.4) is 0 Å². The molecule has 8 nitrogen and oxygen atoms in total. The number of hydrogen-bond donors (Lipinski definition) is 1. The molecule has 0 saturated carbocycles. The second kappa shape index (κ2) is 13.4. The number of para-hydroxylation sites is 2. The number of halogens is 3. The number of hydrogen-bond acceptors (Lipinski definition) is 5. The lowest BCUT2D eigenvalue weighted by Gasteiger charge is -2.35. The van der Waals surface area contributed by atoms with Gasteiger partial charge >= 0.3 is 0 Å². The molecule has 0 saturated heterocycles. The first-order chi connectivity index (χ1) is 20.6. The highest BCUT2D eigenvalue weighted by molar-refractivity contribution is 7.89. The molecule has 222 valence electrons. The minimum absolute atomic E-state index is 0.0368. The smallest absolute Gasteiger partial charge is 0.263 e. The number of nitrogens with one attached hydrogen (secondary N) is 1. The maximum absolute atomic E-state index is 13.9. The standard InChI is InChI=1S/C31H26Cl3N3O5S/c32-23-11-13-24(14-12-23)43(40,41)36(18-22-10-15-25(33)26(34)16-22)20-30(38)37-19-29(42-28-9-5-4-8-27(28)37)31(39)35-17-21-6-2-1-3-7-21/h1-16,29H,17-20H2,(H,35,39)/t29-/m0/s1. The number of carbonyl (C=O) groups is 2. The number of amides is 2. The van der Waals surface area contributed by atoms with Crippen molar-refractivity contribution in [2.24, 2.45) is 0 Å². The highest BCUT2D eigenvalue weighted by Gasteiger charge is 2.36. The van der Waals surface area contributed by atoms with Gasteiger partial charge in [0.15, 0.2) is 6.10 Å². The van der Waals surface area contributed by atoms with Gasteiger partial charge < -0.3 is 15.0 Å². The molecule has 12 heteroatoms. The van der Waals surface area contributed by atoms with Crippen LogP contribution in [0.5, 0.6) is 5.75 Å². The van der Waals surface area contributed by atoms with Crippen LogP contribution in [0.1, 0.15) is 11.1 Å². The molecule has 1 N–H and O–H groups in total. The second-order valence-corrected chi connectivity index (χ2v) is 12.9. The summed E-state index contributed by atoms with van der Waals surface area (Å²) in [5.74, 6) is -0.620. The number of fused-ring (bicyclic) bond motifs is 1. The van der Waals surface area contributed by atoms with Crippen LogP contribution in [0.2, 0.25) is 15.1 Å². The molecule has 1 aliphatic rings. The van der Waals surface area contributed by atoms with Crippen LogP contribution in [-0.2, 0) is 32.7 Å². The summed E-state index contributed by atoms with van der Waals surface area (Å²) in [4.78, 5) is 28.4. The van der Waals surface area contributed by atoms with Crippen LogP contribution >= 0.6 is 34.8 Å². The Bertz CT molecular complexity index is 1740. The van der Waals surface area contributed by atoms with Crippen LogP contribution in [0.4, 0.5) is 5.69 Å². The summed E-state index contributed by atoms with van der Waals surface area (Å²) in [7, 11) is -4.18. The molecular weight excluding hydrogens is 633 g/mol. The average molecular weight is 659 g/mol. The van der Waals surface area contributed by atoms with Crippen LogP contribution in [-0.4, -0.2) is 43.7 Å². The fourth-order valence-electron chi connectivity index (χ4n) is 4.57. The molecule has 0 spiro atoms.